The summed E-state index contributed by atoms with van der Waals surface area (Å²) in [5.41, 5.74) is 1.69. The van der Waals surface area contributed by atoms with Gasteiger partial charge in [-0.15, -0.1) is 0 Å². The van der Waals surface area contributed by atoms with Crippen molar-refractivity contribution in [1.29, 1.82) is 0 Å². The largest absolute Gasteiger partial charge is 0.313 e. The highest BCUT2D eigenvalue weighted by Gasteiger charge is 2.04. The SMILES string of the molecule is C=C(CNCC)Cn1cnc2ccccc2c1=O. The van der Waals surface area contributed by atoms with Crippen LogP contribution in [-0.2, 0) is 6.54 Å². The number of aromatic nitrogens is 2. The van der Waals surface area contributed by atoms with Gasteiger partial charge >= 0.3 is 0 Å². The van der Waals surface area contributed by atoms with Crippen LogP contribution in [0.5, 0.6) is 0 Å². The average Bonchev–Trinajstić information content (AvgIpc) is 2.40. The molecule has 0 saturated carbocycles. The highest BCUT2D eigenvalue weighted by Crippen LogP contribution is 2.05. The molecule has 4 nitrogen and oxygen atoms in total. The second-order valence-electron chi connectivity index (χ2n) is 4.23. The lowest BCUT2D eigenvalue weighted by Crippen LogP contribution is -2.25. The topological polar surface area (TPSA) is 46.9 Å². The van der Waals surface area contributed by atoms with Gasteiger partial charge in [0.25, 0.3) is 5.56 Å². The molecule has 18 heavy (non-hydrogen) atoms. The van der Waals surface area contributed by atoms with Crippen molar-refractivity contribution in [2.24, 2.45) is 0 Å². The van der Waals surface area contributed by atoms with Gasteiger partial charge in [0.05, 0.1) is 17.2 Å². The van der Waals surface area contributed by atoms with Gasteiger partial charge in [-0.1, -0.05) is 25.6 Å². The maximum absolute atomic E-state index is 12.2. The summed E-state index contributed by atoms with van der Waals surface area (Å²) in [5.74, 6) is 0. The third-order valence-corrected chi connectivity index (χ3v) is 2.75. The zero-order valence-corrected chi connectivity index (χ0v) is 10.5. The summed E-state index contributed by atoms with van der Waals surface area (Å²) in [7, 11) is 0. The first-order valence-electron chi connectivity index (χ1n) is 6.04. The van der Waals surface area contributed by atoms with Crippen molar-refractivity contribution in [3.8, 4) is 0 Å². The van der Waals surface area contributed by atoms with Crippen molar-refractivity contribution in [2.75, 3.05) is 13.1 Å². The van der Waals surface area contributed by atoms with Crippen LogP contribution >= 0.6 is 0 Å². The van der Waals surface area contributed by atoms with E-state index in [1.54, 1.807) is 17.0 Å². The molecule has 94 valence electrons. The molecule has 0 saturated heterocycles. The Labute approximate surface area is 106 Å². The van der Waals surface area contributed by atoms with Gasteiger partial charge in [0.2, 0.25) is 0 Å². The first-order chi connectivity index (χ1) is 8.72. The molecule has 0 radical (unpaired) electrons. The third-order valence-electron chi connectivity index (χ3n) is 2.75. The Balaban J connectivity index is 2.27. The van der Waals surface area contributed by atoms with Crippen LogP contribution in [0.4, 0.5) is 0 Å². The standard InChI is InChI=1S/C14H17N3O/c1-3-15-8-11(2)9-17-10-16-13-7-5-4-6-12(13)14(17)18/h4-7,10,15H,2-3,8-9H2,1H3. The molecular formula is C14H17N3O. The molecule has 1 N–H and O–H groups in total. The van der Waals surface area contributed by atoms with Crippen LogP contribution in [0, 0.1) is 0 Å². The Hall–Kier alpha value is -1.94. The zero-order chi connectivity index (χ0) is 13.0. The van der Waals surface area contributed by atoms with Crippen LogP contribution in [0.3, 0.4) is 0 Å². The molecule has 0 unspecified atom stereocenters. The van der Waals surface area contributed by atoms with Crippen molar-refractivity contribution in [3.63, 3.8) is 0 Å². The molecule has 0 bridgehead atoms. The van der Waals surface area contributed by atoms with E-state index >= 15 is 0 Å². The number of fused-ring (bicyclic) bond motifs is 1. The van der Waals surface area contributed by atoms with E-state index in [0.717, 1.165) is 24.2 Å². The lowest BCUT2D eigenvalue weighted by atomic mass is 10.2. The van der Waals surface area contributed by atoms with Crippen molar-refractivity contribution in [1.82, 2.24) is 14.9 Å². The zero-order valence-electron chi connectivity index (χ0n) is 10.5. The fourth-order valence-corrected chi connectivity index (χ4v) is 1.82. The number of para-hydroxylation sites is 1. The van der Waals surface area contributed by atoms with Gasteiger partial charge in [0.15, 0.2) is 0 Å². The molecule has 1 heterocycles. The fraction of sp³-hybridized carbons (Fsp3) is 0.286. The van der Waals surface area contributed by atoms with E-state index in [9.17, 15) is 4.79 Å². The van der Waals surface area contributed by atoms with Crippen LogP contribution in [0.2, 0.25) is 0 Å². The molecule has 2 aromatic rings. The number of likely N-dealkylation sites (N-methyl/N-ethyl adjacent to an activating group) is 1. The van der Waals surface area contributed by atoms with Crippen LogP contribution in [0.1, 0.15) is 6.92 Å². The van der Waals surface area contributed by atoms with Gasteiger partial charge in [-0.2, -0.15) is 0 Å². The van der Waals surface area contributed by atoms with Crippen LogP contribution in [-0.4, -0.2) is 22.6 Å². The highest BCUT2D eigenvalue weighted by molar-refractivity contribution is 5.76. The summed E-state index contributed by atoms with van der Waals surface area (Å²) in [4.78, 5) is 16.5. The summed E-state index contributed by atoms with van der Waals surface area (Å²) in [6, 6.07) is 7.37. The average molecular weight is 243 g/mol. The minimum atomic E-state index is -0.0155. The van der Waals surface area contributed by atoms with Crippen molar-refractivity contribution >= 4 is 10.9 Å². The van der Waals surface area contributed by atoms with Crippen molar-refractivity contribution in [2.45, 2.75) is 13.5 Å². The Bertz CT molecular complexity index is 616. The molecule has 0 aliphatic rings. The Kier molecular flexibility index (Phi) is 3.89. The summed E-state index contributed by atoms with van der Waals surface area (Å²) in [6.45, 7) is 8.11. The molecule has 0 spiro atoms. The normalized spacial score (nSPS) is 10.7. The minimum absolute atomic E-state index is 0.0155. The molecule has 0 atom stereocenters. The van der Waals surface area contributed by atoms with Gasteiger partial charge in [0.1, 0.15) is 0 Å². The van der Waals surface area contributed by atoms with E-state index in [1.807, 2.05) is 25.1 Å². The Morgan fingerprint density at radius 2 is 2.22 bits per heavy atom. The van der Waals surface area contributed by atoms with Gasteiger partial charge in [-0.25, -0.2) is 4.98 Å². The molecule has 1 aromatic carbocycles. The maximum Gasteiger partial charge on any atom is 0.261 e. The molecule has 1 aromatic heterocycles. The van der Waals surface area contributed by atoms with E-state index in [0.29, 0.717) is 11.9 Å². The number of hydrogen-bond acceptors (Lipinski definition) is 3. The lowest BCUT2D eigenvalue weighted by molar-refractivity contribution is 0.683. The van der Waals surface area contributed by atoms with E-state index in [2.05, 4.69) is 16.9 Å². The number of nitrogens with one attached hydrogen (secondary N) is 1. The minimum Gasteiger partial charge on any atom is -0.313 e. The van der Waals surface area contributed by atoms with E-state index in [4.69, 9.17) is 0 Å². The van der Waals surface area contributed by atoms with Gasteiger partial charge < -0.3 is 5.32 Å². The predicted molar refractivity (Wildman–Crippen MR) is 73.7 cm³/mol. The third kappa shape index (κ3) is 2.65. The second-order valence-corrected chi connectivity index (χ2v) is 4.23. The van der Waals surface area contributed by atoms with Gasteiger partial charge in [-0.3, -0.25) is 9.36 Å². The van der Waals surface area contributed by atoms with E-state index in [1.165, 1.54) is 0 Å². The molecule has 2 rings (SSSR count). The van der Waals surface area contributed by atoms with E-state index in [-0.39, 0.29) is 5.56 Å². The van der Waals surface area contributed by atoms with Crippen molar-refractivity contribution < 1.29 is 0 Å². The summed E-state index contributed by atoms with van der Waals surface area (Å²) in [6.07, 6.45) is 1.59. The molecule has 4 heteroatoms. The van der Waals surface area contributed by atoms with Crippen LogP contribution in [0.15, 0.2) is 47.5 Å². The van der Waals surface area contributed by atoms with Gasteiger partial charge in [0, 0.05) is 13.1 Å². The molecule has 0 amide bonds. The predicted octanol–water partition coefficient (Wildman–Crippen LogP) is 1.56. The number of nitrogens with zero attached hydrogens (tertiary/aromatic N) is 2. The highest BCUT2D eigenvalue weighted by atomic mass is 16.1. The number of hydrogen-bond donors (Lipinski definition) is 1. The Morgan fingerprint density at radius 3 is 3.00 bits per heavy atom. The number of benzene rings is 1. The second kappa shape index (κ2) is 5.60. The maximum atomic E-state index is 12.2. The summed E-state index contributed by atoms with van der Waals surface area (Å²) < 4.78 is 1.60. The molecule has 0 fully saturated rings. The van der Waals surface area contributed by atoms with Crippen LogP contribution in [0.25, 0.3) is 10.9 Å². The number of rotatable bonds is 5. The Morgan fingerprint density at radius 1 is 1.44 bits per heavy atom. The quantitative estimate of drug-likeness (QED) is 0.811. The smallest absolute Gasteiger partial charge is 0.261 e. The van der Waals surface area contributed by atoms with Crippen LogP contribution < -0.4 is 10.9 Å². The van der Waals surface area contributed by atoms with Gasteiger partial charge in [-0.05, 0) is 24.3 Å². The van der Waals surface area contributed by atoms with Crippen molar-refractivity contribution in [3.05, 3.63) is 53.1 Å². The summed E-state index contributed by atoms with van der Waals surface area (Å²) in [5, 5.41) is 3.84. The first-order valence-corrected chi connectivity index (χ1v) is 6.04. The molecule has 0 aliphatic carbocycles. The molecular weight excluding hydrogens is 226 g/mol. The lowest BCUT2D eigenvalue weighted by Gasteiger charge is -2.09. The monoisotopic (exact) mass is 243 g/mol. The first kappa shape index (κ1) is 12.5. The fourth-order valence-electron chi connectivity index (χ4n) is 1.82. The summed E-state index contributed by atoms with van der Waals surface area (Å²) >= 11 is 0. The molecule has 0 aliphatic heterocycles. The van der Waals surface area contributed by atoms with E-state index < -0.39 is 0 Å².